The van der Waals surface area contributed by atoms with E-state index in [-0.39, 0.29) is 18.2 Å². The molecular formula is C14H15ClFNO. The van der Waals surface area contributed by atoms with Crippen LogP contribution < -0.4 is 10.5 Å². The van der Waals surface area contributed by atoms with E-state index in [9.17, 15) is 4.39 Å². The molecule has 96 valence electrons. The monoisotopic (exact) mass is 267 g/mol. The average molecular weight is 268 g/mol. The van der Waals surface area contributed by atoms with Crippen molar-refractivity contribution < 1.29 is 9.13 Å². The van der Waals surface area contributed by atoms with E-state index in [1.54, 1.807) is 12.1 Å². The van der Waals surface area contributed by atoms with Crippen molar-refractivity contribution in [2.45, 2.75) is 6.04 Å². The molecule has 2 nitrogen and oxygen atoms in total. The van der Waals surface area contributed by atoms with Gasteiger partial charge >= 0.3 is 0 Å². The van der Waals surface area contributed by atoms with E-state index in [0.717, 1.165) is 5.56 Å². The highest BCUT2D eigenvalue weighted by molar-refractivity contribution is 5.85. The molecule has 2 rings (SSSR count). The molecule has 0 aliphatic heterocycles. The molecule has 0 amide bonds. The number of hydrogen-bond donors (Lipinski definition) is 1. The Kier molecular flexibility index (Phi) is 5.13. The van der Waals surface area contributed by atoms with Crippen LogP contribution in [0.4, 0.5) is 4.39 Å². The van der Waals surface area contributed by atoms with Gasteiger partial charge in [0.15, 0.2) is 0 Å². The van der Waals surface area contributed by atoms with Gasteiger partial charge in [-0.25, -0.2) is 4.39 Å². The number of benzene rings is 2. The van der Waals surface area contributed by atoms with Crippen molar-refractivity contribution in [1.29, 1.82) is 0 Å². The first kappa shape index (κ1) is 14.5. The van der Waals surface area contributed by atoms with Crippen molar-refractivity contribution in [3.63, 3.8) is 0 Å². The van der Waals surface area contributed by atoms with Gasteiger partial charge in [-0.05, 0) is 11.6 Å². The summed E-state index contributed by atoms with van der Waals surface area (Å²) >= 11 is 0. The smallest absolute Gasteiger partial charge is 0.132 e. The van der Waals surface area contributed by atoms with Crippen molar-refractivity contribution in [2.24, 2.45) is 5.73 Å². The summed E-state index contributed by atoms with van der Waals surface area (Å²) in [6.07, 6.45) is 0. The zero-order valence-electron chi connectivity index (χ0n) is 9.97. The second-order valence-corrected chi connectivity index (χ2v) is 3.78. The van der Waals surface area contributed by atoms with Crippen LogP contribution in [0.15, 0.2) is 48.5 Å². The van der Waals surface area contributed by atoms with Gasteiger partial charge in [0.05, 0.1) is 13.2 Å². The summed E-state index contributed by atoms with van der Waals surface area (Å²) in [6, 6.07) is 13.7. The maximum Gasteiger partial charge on any atom is 0.132 e. The molecule has 0 fully saturated rings. The Hall–Kier alpha value is -1.58. The molecule has 1 atom stereocenters. The maximum atomic E-state index is 13.8. The number of hydrogen-bond acceptors (Lipinski definition) is 2. The quantitative estimate of drug-likeness (QED) is 0.926. The summed E-state index contributed by atoms with van der Waals surface area (Å²) < 4.78 is 18.8. The van der Waals surface area contributed by atoms with E-state index in [2.05, 4.69) is 0 Å². The third kappa shape index (κ3) is 3.00. The van der Waals surface area contributed by atoms with E-state index in [1.807, 2.05) is 30.3 Å². The molecule has 4 heteroatoms. The summed E-state index contributed by atoms with van der Waals surface area (Å²) in [7, 11) is 1.51. The van der Waals surface area contributed by atoms with Crippen molar-refractivity contribution >= 4 is 12.4 Å². The summed E-state index contributed by atoms with van der Waals surface area (Å²) in [6.45, 7) is 0. The highest BCUT2D eigenvalue weighted by Gasteiger charge is 2.13. The van der Waals surface area contributed by atoms with Crippen LogP contribution in [-0.2, 0) is 0 Å². The Morgan fingerprint density at radius 3 is 2.33 bits per heavy atom. The van der Waals surface area contributed by atoms with Crippen LogP contribution in [0.1, 0.15) is 17.2 Å². The summed E-state index contributed by atoms with van der Waals surface area (Å²) in [5.41, 5.74) is 7.38. The molecule has 0 heterocycles. The van der Waals surface area contributed by atoms with Gasteiger partial charge in [0.25, 0.3) is 0 Å². The topological polar surface area (TPSA) is 35.2 Å². The minimum Gasteiger partial charge on any atom is -0.497 e. The number of rotatable bonds is 3. The molecule has 0 saturated heterocycles. The third-order valence-electron chi connectivity index (χ3n) is 2.70. The summed E-state index contributed by atoms with van der Waals surface area (Å²) in [4.78, 5) is 0. The Labute approximate surface area is 112 Å². The molecular weight excluding hydrogens is 253 g/mol. The molecule has 2 N–H and O–H groups in total. The molecule has 0 aliphatic carbocycles. The molecule has 2 aromatic rings. The molecule has 0 radical (unpaired) electrons. The Balaban J connectivity index is 0.00000162. The minimum atomic E-state index is -0.456. The molecule has 0 spiro atoms. The lowest BCUT2D eigenvalue weighted by Crippen LogP contribution is -2.13. The lowest BCUT2D eigenvalue weighted by atomic mass is 9.99. The van der Waals surface area contributed by atoms with Crippen molar-refractivity contribution in [3.05, 3.63) is 65.5 Å². The van der Waals surface area contributed by atoms with Gasteiger partial charge in [0.2, 0.25) is 0 Å². The second kappa shape index (κ2) is 6.38. The fourth-order valence-corrected chi connectivity index (χ4v) is 1.73. The largest absolute Gasteiger partial charge is 0.497 e. The zero-order valence-corrected chi connectivity index (χ0v) is 10.8. The minimum absolute atomic E-state index is 0. The molecule has 0 saturated carbocycles. The molecule has 0 aromatic heterocycles. The van der Waals surface area contributed by atoms with E-state index in [1.165, 1.54) is 13.2 Å². The van der Waals surface area contributed by atoms with Gasteiger partial charge in [-0.1, -0.05) is 36.4 Å². The lowest BCUT2D eigenvalue weighted by Gasteiger charge is -2.14. The zero-order chi connectivity index (χ0) is 12.3. The maximum absolute atomic E-state index is 13.8. The van der Waals surface area contributed by atoms with Gasteiger partial charge in [-0.15, -0.1) is 12.4 Å². The molecule has 18 heavy (non-hydrogen) atoms. The van der Waals surface area contributed by atoms with Crippen LogP contribution in [0.2, 0.25) is 0 Å². The summed E-state index contributed by atoms with van der Waals surface area (Å²) in [5.74, 6) is 0.146. The fourth-order valence-electron chi connectivity index (χ4n) is 1.73. The van der Waals surface area contributed by atoms with Crippen LogP contribution in [0.3, 0.4) is 0 Å². The van der Waals surface area contributed by atoms with Crippen LogP contribution in [-0.4, -0.2) is 7.11 Å². The first-order chi connectivity index (χ1) is 8.22. The van der Waals surface area contributed by atoms with Crippen molar-refractivity contribution in [1.82, 2.24) is 0 Å². The predicted molar refractivity (Wildman–Crippen MR) is 72.7 cm³/mol. The number of ether oxygens (including phenoxy) is 1. The molecule has 0 aliphatic rings. The highest BCUT2D eigenvalue weighted by Crippen LogP contribution is 2.24. The lowest BCUT2D eigenvalue weighted by molar-refractivity contribution is 0.410. The van der Waals surface area contributed by atoms with Crippen LogP contribution >= 0.6 is 12.4 Å². The van der Waals surface area contributed by atoms with Crippen molar-refractivity contribution in [3.8, 4) is 5.75 Å². The fraction of sp³-hybridized carbons (Fsp3) is 0.143. The van der Waals surface area contributed by atoms with E-state index >= 15 is 0 Å². The average Bonchev–Trinajstić information content (AvgIpc) is 2.39. The SMILES string of the molecule is COc1ccc(C(N)c2ccccc2)c(F)c1.Cl. The molecule has 0 bridgehead atoms. The normalized spacial score (nSPS) is 11.5. The number of methoxy groups -OCH3 is 1. The highest BCUT2D eigenvalue weighted by atomic mass is 35.5. The standard InChI is InChI=1S/C14H14FNO.ClH/c1-17-11-7-8-12(13(15)9-11)14(16)10-5-3-2-4-6-10;/h2-9,14H,16H2,1H3;1H. The first-order valence-electron chi connectivity index (χ1n) is 5.36. The third-order valence-corrected chi connectivity index (χ3v) is 2.70. The van der Waals surface area contributed by atoms with Gasteiger partial charge in [0.1, 0.15) is 11.6 Å². The van der Waals surface area contributed by atoms with Gasteiger partial charge in [-0.2, -0.15) is 0 Å². The van der Waals surface area contributed by atoms with Crippen LogP contribution in [0, 0.1) is 5.82 Å². The van der Waals surface area contributed by atoms with E-state index in [0.29, 0.717) is 11.3 Å². The number of halogens is 2. The predicted octanol–water partition coefficient (Wildman–Crippen LogP) is 3.30. The number of nitrogens with two attached hydrogens (primary N) is 1. The van der Waals surface area contributed by atoms with Crippen molar-refractivity contribution in [2.75, 3.05) is 7.11 Å². The van der Waals surface area contributed by atoms with E-state index in [4.69, 9.17) is 10.5 Å². The summed E-state index contributed by atoms with van der Waals surface area (Å²) in [5, 5.41) is 0. The van der Waals surface area contributed by atoms with E-state index < -0.39 is 6.04 Å². The Morgan fingerprint density at radius 2 is 1.78 bits per heavy atom. The second-order valence-electron chi connectivity index (χ2n) is 3.78. The molecule has 2 aromatic carbocycles. The molecule has 1 unspecified atom stereocenters. The van der Waals surface area contributed by atoms with Gasteiger partial charge < -0.3 is 10.5 Å². The Morgan fingerprint density at radius 1 is 1.11 bits per heavy atom. The Bertz CT molecular complexity index is 504. The van der Waals surface area contributed by atoms with Gasteiger partial charge in [0, 0.05) is 11.6 Å². The van der Waals surface area contributed by atoms with Crippen LogP contribution in [0.25, 0.3) is 0 Å². The van der Waals surface area contributed by atoms with Gasteiger partial charge in [-0.3, -0.25) is 0 Å². The first-order valence-corrected chi connectivity index (χ1v) is 5.36. The van der Waals surface area contributed by atoms with Crippen LogP contribution in [0.5, 0.6) is 5.75 Å².